The summed E-state index contributed by atoms with van der Waals surface area (Å²) in [4.78, 5) is 15.5. The van der Waals surface area contributed by atoms with Crippen LogP contribution in [0.4, 0.5) is 0 Å². The van der Waals surface area contributed by atoms with E-state index in [0.29, 0.717) is 13.0 Å². The third-order valence-electron chi connectivity index (χ3n) is 3.87. The maximum Gasteiger partial charge on any atom is 0.222 e. The first-order chi connectivity index (χ1) is 9.56. The van der Waals surface area contributed by atoms with Crippen LogP contribution in [0.5, 0.6) is 0 Å². The van der Waals surface area contributed by atoms with E-state index in [-0.39, 0.29) is 5.91 Å². The number of likely N-dealkylation sites (N-methyl/N-ethyl adjacent to an activating group) is 1. The largest absolute Gasteiger partial charge is 0.387 e. The van der Waals surface area contributed by atoms with Gasteiger partial charge >= 0.3 is 0 Å². The Morgan fingerprint density at radius 3 is 2.65 bits per heavy atom. The van der Waals surface area contributed by atoms with Crippen LogP contribution >= 0.6 is 0 Å². The van der Waals surface area contributed by atoms with Crippen molar-refractivity contribution in [3.8, 4) is 0 Å². The van der Waals surface area contributed by atoms with Crippen LogP contribution in [0.1, 0.15) is 30.1 Å². The molecule has 0 saturated carbocycles. The topological polar surface area (TPSA) is 43.8 Å². The highest BCUT2D eigenvalue weighted by Gasteiger charge is 2.20. The molecule has 0 spiro atoms. The SMILES string of the molecule is Cc1ccc(C(O)CN(C)CCN2CCCC2=O)cc1. The number of likely N-dealkylation sites (tertiary alicyclic amines) is 1. The summed E-state index contributed by atoms with van der Waals surface area (Å²) in [6.45, 7) is 5.07. The minimum Gasteiger partial charge on any atom is -0.387 e. The lowest BCUT2D eigenvalue weighted by atomic mass is 10.1. The number of hydrogen-bond acceptors (Lipinski definition) is 3. The van der Waals surface area contributed by atoms with Gasteiger partial charge in [-0.25, -0.2) is 0 Å². The maximum absolute atomic E-state index is 11.5. The van der Waals surface area contributed by atoms with Crippen LogP contribution in [-0.2, 0) is 4.79 Å². The molecule has 0 radical (unpaired) electrons. The Balaban J connectivity index is 1.77. The van der Waals surface area contributed by atoms with Crippen molar-refractivity contribution in [3.63, 3.8) is 0 Å². The van der Waals surface area contributed by atoms with Crippen molar-refractivity contribution in [2.24, 2.45) is 0 Å². The fourth-order valence-corrected chi connectivity index (χ4v) is 2.51. The molecule has 1 amide bonds. The number of aliphatic hydroxyl groups excluding tert-OH is 1. The molecule has 1 saturated heterocycles. The molecule has 0 bridgehead atoms. The molecule has 1 fully saturated rings. The zero-order chi connectivity index (χ0) is 14.5. The van der Waals surface area contributed by atoms with Crippen molar-refractivity contribution in [1.29, 1.82) is 0 Å². The number of rotatable bonds is 6. The van der Waals surface area contributed by atoms with Crippen molar-refractivity contribution in [1.82, 2.24) is 9.80 Å². The predicted molar refractivity (Wildman–Crippen MR) is 79.4 cm³/mol. The fraction of sp³-hybridized carbons (Fsp3) is 0.562. The summed E-state index contributed by atoms with van der Waals surface area (Å²) < 4.78 is 0. The molecule has 1 heterocycles. The Hall–Kier alpha value is -1.39. The summed E-state index contributed by atoms with van der Waals surface area (Å²) >= 11 is 0. The van der Waals surface area contributed by atoms with E-state index in [2.05, 4.69) is 4.90 Å². The molecule has 0 aromatic heterocycles. The molecule has 1 N–H and O–H groups in total. The van der Waals surface area contributed by atoms with E-state index >= 15 is 0 Å². The van der Waals surface area contributed by atoms with Crippen LogP contribution < -0.4 is 0 Å². The van der Waals surface area contributed by atoms with Gasteiger partial charge in [0.1, 0.15) is 0 Å². The minimum absolute atomic E-state index is 0.262. The van der Waals surface area contributed by atoms with Gasteiger partial charge in [0.25, 0.3) is 0 Å². The second-order valence-corrected chi connectivity index (χ2v) is 5.67. The van der Waals surface area contributed by atoms with Crippen LogP contribution in [0.3, 0.4) is 0 Å². The molecule has 1 atom stereocenters. The van der Waals surface area contributed by atoms with E-state index in [0.717, 1.165) is 31.6 Å². The Morgan fingerprint density at radius 2 is 2.05 bits per heavy atom. The monoisotopic (exact) mass is 276 g/mol. The third kappa shape index (κ3) is 4.05. The number of aliphatic hydroxyl groups is 1. The Kier molecular flexibility index (Phi) is 5.15. The van der Waals surface area contributed by atoms with Crippen LogP contribution in [-0.4, -0.2) is 54.0 Å². The molecule has 1 aromatic carbocycles. The number of aryl methyl sites for hydroxylation is 1. The molecule has 0 aliphatic carbocycles. The zero-order valence-corrected chi connectivity index (χ0v) is 12.4. The Morgan fingerprint density at radius 1 is 1.35 bits per heavy atom. The smallest absolute Gasteiger partial charge is 0.222 e. The molecule has 4 heteroatoms. The van der Waals surface area contributed by atoms with Gasteiger partial charge in [-0.1, -0.05) is 29.8 Å². The summed E-state index contributed by atoms with van der Waals surface area (Å²) in [7, 11) is 1.98. The average Bonchev–Trinajstić information content (AvgIpc) is 2.82. The molecular formula is C16H24N2O2. The zero-order valence-electron chi connectivity index (χ0n) is 12.4. The highest BCUT2D eigenvalue weighted by molar-refractivity contribution is 5.78. The number of hydrogen-bond donors (Lipinski definition) is 1. The number of benzene rings is 1. The second kappa shape index (κ2) is 6.86. The van der Waals surface area contributed by atoms with E-state index in [4.69, 9.17) is 0 Å². The van der Waals surface area contributed by atoms with Gasteiger partial charge in [0.05, 0.1) is 6.10 Å². The minimum atomic E-state index is -0.477. The number of carbonyl (C=O) groups is 1. The standard InChI is InChI=1S/C16H24N2O2/c1-13-5-7-14(8-6-13)15(19)12-17(2)10-11-18-9-3-4-16(18)20/h5-8,15,19H,3-4,9-12H2,1-2H3. The Bertz CT molecular complexity index is 444. The van der Waals surface area contributed by atoms with Crippen LogP contribution in [0, 0.1) is 6.92 Å². The molecule has 110 valence electrons. The molecular weight excluding hydrogens is 252 g/mol. The number of nitrogens with zero attached hydrogens (tertiary/aromatic N) is 2. The van der Waals surface area contributed by atoms with Gasteiger partial charge in [-0.3, -0.25) is 4.79 Å². The van der Waals surface area contributed by atoms with Crippen LogP contribution in [0.15, 0.2) is 24.3 Å². The molecule has 1 unspecified atom stereocenters. The molecule has 1 aliphatic rings. The lowest BCUT2D eigenvalue weighted by Gasteiger charge is -2.24. The van der Waals surface area contributed by atoms with Crippen molar-refractivity contribution in [2.45, 2.75) is 25.9 Å². The number of carbonyl (C=O) groups excluding carboxylic acids is 1. The van der Waals surface area contributed by atoms with Crippen molar-refractivity contribution < 1.29 is 9.90 Å². The van der Waals surface area contributed by atoms with Crippen molar-refractivity contribution in [3.05, 3.63) is 35.4 Å². The molecule has 1 aromatic rings. The quantitative estimate of drug-likeness (QED) is 0.858. The van der Waals surface area contributed by atoms with Gasteiger partial charge in [-0.2, -0.15) is 0 Å². The first-order valence-electron chi connectivity index (χ1n) is 7.27. The lowest BCUT2D eigenvalue weighted by Crippen LogP contribution is -2.35. The molecule has 1 aliphatic heterocycles. The van der Waals surface area contributed by atoms with E-state index in [1.807, 2.05) is 43.1 Å². The highest BCUT2D eigenvalue weighted by Crippen LogP contribution is 2.15. The van der Waals surface area contributed by atoms with Gasteiger partial charge in [-0.15, -0.1) is 0 Å². The lowest BCUT2D eigenvalue weighted by molar-refractivity contribution is -0.127. The fourth-order valence-electron chi connectivity index (χ4n) is 2.51. The first kappa shape index (κ1) is 15.0. The summed E-state index contributed by atoms with van der Waals surface area (Å²) in [5, 5.41) is 10.2. The maximum atomic E-state index is 11.5. The second-order valence-electron chi connectivity index (χ2n) is 5.67. The Labute approximate surface area is 121 Å². The van der Waals surface area contributed by atoms with Gasteiger partial charge in [-0.05, 0) is 26.0 Å². The van der Waals surface area contributed by atoms with E-state index < -0.39 is 6.10 Å². The summed E-state index contributed by atoms with van der Waals surface area (Å²) in [5.74, 6) is 0.262. The number of amides is 1. The van der Waals surface area contributed by atoms with E-state index in [1.165, 1.54) is 5.56 Å². The van der Waals surface area contributed by atoms with Crippen molar-refractivity contribution in [2.75, 3.05) is 33.2 Å². The van der Waals surface area contributed by atoms with E-state index in [9.17, 15) is 9.90 Å². The van der Waals surface area contributed by atoms with Crippen LogP contribution in [0.2, 0.25) is 0 Å². The average molecular weight is 276 g/mol. The van der Waals surface area contributed by atoms with Gasteiger partial charge in [0.15, 0.2) is 0 Å². The summed E-state index contributed by atoms with van der Waals surface area (Å²) in [6, 6.07) is 7.97. The highest BCUT2D eigenvalue weighted by atomic mass is 16.3. The molecule has 20 heavy (non-hydrogen) atoms. The van der Waals surface area contributed by atoms with Crippen molar-refractivity contribution >= 4 is 5.91 Å². The van der Waals surface area contributed by atoms with Gasteiger partial charge in [0.2, 0.25) is 5.91 Å². The van der Waals surface area contributed by atoms with Gasteiger partial charge in [0, 0.05) is 32.6 Å². The summed E-state index contributed by atoms with van der Waals surface area (Å²) in [6.07, 6.45) is 1.19. The van der Waals surface area contributed by atoms with Gasteiger partial charge < -0.3 is 14.9 Å². The normalized spacial score (nSPS) is 17.0. The molecule has 2 rings (SSSR count). The molecule has 4 nitrogen and oxygen atoms in total. The van der Waals surface area contributed by atoms with E-state index in [1.54, 1.807) is 0 Å². The summed E-state index contributed by atoms with van der Waals surface area (Å²) in [5.41, 5.74) is 2.14. The predicted octanol–water partition coefficient (Wildman–Crippen LogP) is 1.58. The first-order valence-corrected chi connectivity index (χ1v) is 7.27. The third-order valence-corrected chi connectivity index (χ3v) is 3.87. The van der Waals surface area contributed by atoms with Crippen LogP contribution in [0.25, 0.3) is 0 Å².